The first-order valence-corrected chi connectivity index (χ1v) is 10.8. The van der Waals surface area contributed by atoms with Crippen molar-refractivity contribution in [3.63, 3.8) is 0 Å². The number of amides is 1. The Hall–Kier alpha value is -2.34. The molecular formula is C24H28Cl2N4O. The zero-order chi connectivity index (χ0) is 21.1. The van der Waals surface area contributed by atoms with Crippen molar-refractivity contribution < 1.29 is 4.79 Å². The van der Waals surface area contributed by atoms with Crippen molar-refractivity contribution in [2.24, 2.45) is 0 Å². The summed E-state index contributed by atoms with van der Waals surface area (Å²) in [6.07, 6.45) is 3.70. The summed E-state index contributed by atoms with van der Waals surface area (Å²) in [6, 6.07) is 13.8. The molecule has 0 radical (unpaired) electrons. The van der Waals surface area contributed by atoms with Crippen LogP contribution < -0.4 is 10.6 Å². The van der Waals surface area contributed by atoms with Crippen molar-refractivity contribution in [3.8, 4) is 5.69 Å². The molecule has 0 aliphatic carbocycles. The number of aromatic nitrogens is 2. The second kappa shape index (κ2) is 10.3. The smallest absolute Gasteiger partial charge is 0.255 e. The lowest BCUT2D eigenvalue weighted by Gasteiger charge is -2.25. The molecule has 2 N–H and O–H groups in total. The number of halogens is 2. The van der Waals surface area contributed by atoms with E-state index >= 15 is 0 Å². The molecule has 164 valence electrons. The molecule has 3 aromatic rings. The van der Waals surface area contributed by atoms with Gasteiger partial charge in [0.25, 0.3) is 5.91 Å². The highest BCUT2D eigenvalue weighted by atomic mass is 35.5. The van der Waals surface area contributed by atoms with Crippen molar-refractivity contribution in [3.05, 3.63) is 81.6 Å². The third-order valence-corrected chi connectivity index (χ3v) is 6.13. The maximum absolute atomic E-state index is 13.1. The third-order valence-electron chi connectivity index (χ3n) is 5.88. The minimum Gasteiger partial charge on any atom is -0.348 e. The highest BCUT2D eigenvalue weighted by Gasteiger charge is 2.27. The molecule has 31 heavy (non-hydrogen) atoms. The van der Waals surface area contributed by atoms with E-state index in [9.17, 15) is 4.79 Å². The van der Waals surface area contributed by atoms with Crippen LogP contribution in [-0.2, 0) is 6.54 Å². The number of nitrogens with one attached hydrogen (secondary N) is 2. The zero-order valence-corrected chi connectivity index (χ0v) is 19.4. The fraction of sp³-hybridized carbons (Fsp3) is 0.333. The Labute approximate surface area is 194 Å². The van der Waals surface area contributed by atoms with E-state index in [0.29, 0.717) is 23.0 Å². The first kappa shape index (κ1) is 23.3. The lowest BCUT2D eigenvalue weighted by Crippen LogP contribution is -2.30. The Morgan fingerprint density at radius 3 is 2.52 bits per heavy atom. The number of nitrogens with zero attached hydrogens (tertiary/aromatic N) is 2. The van der Waals surface area contributed by atoms with Gasteiger partial charge in [0.1, 0.15) is 0 Å². The average Bonchev–Trinajstić information content (AvgIpc) is 3.21. The van der Waals surface area contributed by atoms with Crippen LogP contribution in [-0.4, -0.2) is 28.8 Å². The molecule has 5 nitrogen and oxygen atoms in total. The number of carbonyl (C=O) groups is 1. The van der Waals surface area contributed by atoms with Gasteiger partial charge >= 0.3 is 0 Å². The number of carbonyl (C=O) groups excluding carboxylic acids is 1. The molecule has 2 aromatic carbocycles. The fourth-order valence-electron chi connectivity index (χ4n) is 3.96. The highest BCUT2D eigenvalue weighted by Crippen LogP contribution is 2.30. The monoisotopic (exact) mass is 458 g/mol. The van der Waals surface area contributed by atoms with Crippen LogP contribution >= 0.6 is 24.0 Å². The van der Waals surface area contributed by atoms with Crippen molar-refractivity contribution >= 4 is 29.9 Å². The normalized spacial score (nSPS) is 14.2. The highest BCUT2D eigenvalue weighted by molar-refractivity contribution is 6.30. The molecule has 0 spiro atoms. The number of aryl methyl sites for hydroxylation is 2. The number of rotatable bonds is 5. The Morgan fingerprint density at radius 1 is 1.13 bits per heavy atom. The van der Waals surface area contributed by atoms with Crippen LogP contribution in [0, 0.1) is 13.8 Å². The van der Waals surface area contributed by atoms with E-state index in [1.165, 1.54) is 11.1 Å². The molecule has 0 saturated carbocycles. The minimum absolute atomic E-state index is 0. The van der Waals surface area contributed by atoms with Crippen LogP contribution in [0.4, 0.5) is 0 Å². The van der Waals surface area contributed by atoms with Crippen LogP contribution in [0.15, 0.2) is 48.7 Å². The largest absolute Gasteiger partial charge is 0.348 e. The zero-order valence-electron chi connectivity index (χ0n) is 17.8. The number of hydrogen-bond acceptors (Lipinski definition) is 3. The maximum Gasteiger partial charge on any atom is 0.255 e. The summed E-state index contributed by atoms with van der Waals surface area (Å²) in [7, 11) is 0. The molecule has 1 fully saturated rings. The van der Waals surface area contributed by atoms with Crippen LogP contribution in [0.1, 0.15) is 51.5 Å². The summed E-state index contributed by atoms with van der Waals surface area (Å²) in [4.78, 5) is 13.1. The summed E-state index contributed by atoms with van der Waals surface area (Å²) in [5.41, 5.74) is 6.15. The van der Waals surface area contributed by atoms with Crippen molar-refractivity contribution in [1.82, 2.24) is 20.4 Å². The van der Waals surface area contributed by atoms with E-state index in [1.807, 2.05) is 28.9 Å². The van der Waals surface area contributed by atoms with Crippen LogP contribution in [0.2, 0.25) is 5.02 Å². The first-order valence-electron chi connectivity index (χ1n) is 10.4. The first-order chi connectivity index (χ1) is 14.5. The van der Waals surface area contributed by atoms with E-state index in [0.717, 1.165) is 42.9 Å². The summed E-state index contributed by atoms with van der Waals surface area (Å²) in [5, 5.41) is 11.8. The van der Waals surface area contributed by atoms with E-state index in [1.54, 1.807) is 6.20 Å². The Balaban J connectivity index is 0.00000272. The SMILES string of the molecule is Cc1ccc(-n2ncc(C(=O)NCc3ccc(Cl)cc3)c2C2CCNCC2)cc1C.Cl. The number of benzene rings is 2. The Kier molecular flexibility index (Phi) is 7.76. The predicted molar refractivity (Wildman–Crippen MR) is 128 cm³/mol. The molecule has 1 aliphatic rings. The molecule has 1 amide bonds. The van der Waals surface area contributed by atoms with E-state index in [-0.39, 0.29) is 18.3 Å². The van der Waals surface area contributed by atoms with Gasteiger partial charge in [0.15, 0.2) is 0 Å². The molecule has 1 aliphatic heterocycles. The van der Waals surface area contributed by atoms with Gasteiger partial charge in [-0.1, -0.05) is 29.8 Å². The number of piperidine rings is 1. The Bertz CT molecular complexity index is 1040. The van der Waals surface area contributed by atoms with E-state index < -0.39 is 0 Å². The number of hydrogen-bond donors (Lipinski definition) is 2. The van der Waals surface area contributed by atoms with E-state index in [4.69, 9.17) is 11.6 Å². The lowest BCUT2D eigenvalue weighted by molar-refractivity contribution is 0.0949. The third kappa shape index (κ3) is 5.29. The van der Waals surface area contributed by atoms with Crippen molar-refractivity contribution in [2.45, 2.75) is 39.2 Å². The summed E-state index contributed by atoms with van der Waals surface area (Å²) < 4.78 is 1.96. The summed E-state index contributed by atoms with van der Waals surface area (Å²) in [6.45, 7) is 6.57. The average molecular weight is 459 g/mol. The minimum atomic E-state index is -0.0893. The van der Waals surface area contributed by atoms with Gasteiger partial charge in [0, 0.05) is 17.5 Å². The standard InChI is InChI=1S/C24H27ClN4O.ClH/c1-16-3-8-21(13-17(16)2)29-23(19-9-11-26-12-10-19)22(15-28-29)24(30)27-14-18-4-6-20(25)7-5-18;/h3-8,13,15,19,26H,9-12,14H2,1-2H3,(H,27,30);1H. The van der Waals surface area contributed by atoms with Gasteiger partial charge in [-0.15, -0.1) is 12.4 Å². The lowest BCUT2D eigenvalue weighted by atomic mass is 9.91. The van der Waals surface area contributed by atoms with E-state index in [2.05, 4.69) is 47.8 Å². The van der Waals surface area contributed by atoms with Gasteiger partial charge in [0.05, 0.1) is 23.1 Å². The molecule has 1 saturated heterocycles. The van der Waals surface area contributed by atoms with Gasteiger partial charge in [-0.3, -0.25) is 4.79 Å². The molecule has 4 rings (SSSR count). The molecule has 2 heterocycles. The predicted octanol–water partition coefficient (Wildman–Crippen LogP) is 4.96. The molecule has 7 heteroatoms. The van der Waals surface area contributed by atoms with Crippen LogP contribution in [0.25, 0.3) is 5.69 Å². The van der Waals surface area contributed by atoms with Gasteiger partial charge in [-0.25, -0.2) is 4.68 Å². The topological polar surface area (TPSA) is 59.0 Å². The van der Waals surface area contributed by atoms with Gasteiger partial charge in [0.2, 0.25) is 0 Å². The second-order valence-corrected chi connectivity index (χ2v) is 8.39. The molecule has 0 unspecified atom stereocenters. The van der Waals surface area contributed by atoms with Gasteiger partial charge in [-0.05, 0) is 80.7 Å². The molecule has 0 atom stereocenters. The van der Waals surface area contributed by atoms with Crippen molar-refractivity contribution in [2.75, 3.05) is 13.1 Å². The van der Waals surface area contributed by atoms with Crippen molar-refractivity contribution in [1.29, 1.82) is 0 Å². The molecular weight excluding hydrogens is 431 g/mol. The molecule has 0 bridgehead atoms. The quantitative estimate of drug-likeness (QED) is 0.567. The van der Waals surface area contributed by atoms with Crippen LogP contribution in [0.3, 0.4) is 0 Å². The second-order valence-electron chi connectivity index (χ2n) is 7.96. The maximum atomic E-state index is 13.1. The molecule has 1 aromatic heterocycles. The Morgan fingerprint density at radius 2 is 1.84 bits per heavy atom. The van der Waals surface area contributed by atoms with Gasteiger partial charge < -0.3 is 10.6 Å². The van der Waals surface area contributed by atoms with Crippen LogP contribution in [0.5, 0.6) is 0 Å². The fourth-order valence-corrected chi connectivity index (χ4v) is 4.09. The summed E-state index contributed by atoms with van der Waals surface area (Å²) >= 11 is 5.96. The van der Waals surface area contributed by atoms with Gasteiger partial charge in [-0.2, -0.15) is 5.10 Å². The summed E-state index contributed by atoms with van der Waals surface area (Å²) in [5.74, 6) is 0.209.